The lowest BCUT2D eigenvalue weighted by Gasteiger charge is -2.19. The molecular formula is C14H24N4O6. The van der Waals surface area contributed by atoms with E-state index in [4.69, 9.17) is 9.47 Å². The smallest absolute Gasteiger partial charge is 0.360 e. The van der Waals surface area contributed by atoms with E-state index in [9.17, 15) is 19.2 Å². The van der Waals surface area contributed by atoms with Crippen molar-refractivity contribution in [2.75, 3.05) is 13.1 Å². The van der Waals surface area contributed by atoms with Gasteiger partial charge in [0.1, 0.15) is 24.3 Å². The number of carbonyl (C=O) groups is 4. The Kier molecular flexibility index (Phi) is 8.00. The molecule has 10 nitrogen and oxygen atoms in total. The number of hydrogen-bond acceptors (Lipinski definition) is 6. The summed E-state index contributed by atoms with van der Waals surface area (Å²) in [4.78, 5) is 45.3. The van der Waals surface area contributed by atoms with E-state index >= 15 is 0 Å². The van der Waals surface area contributed by atoms with E-state index in [1.165, 1.54) is 0 Å². The lowest BCUT2D eigenvalue weighted by molar-refractivity contribution is -0.154. The molecule has 0 heterocycles. The van der Waals surface area contributed by atoms with Gasteiger partial charge in [-0.05, 0) is 41.5 Å². The predicted octanol–water partition coefficient (Wildman–Crippen LogP) is 1.54. The third-order valence-electron chi connectivity index (χ3n) is 1.84. The van der Waals surface area contributed by atoms with Crippen LogP contribution < -0.4 is 10.6 Å². The molecule has 0 spiro atoms. The average molecular weight is 344 g/mol. The van der Waals surface area contributed by atoms with Crippen LogP contribution in [0.4, 0.5) is 9.59 Å². The number of ether oxygens (including phenoxy) is 2. The third-order valence-corrected chi connectivity index (χ3v) is 1.84. The topological polar surface area (TPSA) is 136 Å². The average Bonchev–Trinajstić information content (AvgIpc) is 2.36. The van der Waals surface area contributed by atoms with E-state index in [1.807, 2.05) is 0 Å². The van der Waals surface area contributed by atoms with Gasteiger partial charge in [-0.2, -0.15) is 0 Å². The van der Waals surface area contributed by atoms with Crippen molar-refractivity contribution in [1.82, 2.24) is 10.6 Å². The van der Waals surface area contributed by atoms with Gasteiger partial charge in [-0.15, -0.1) is 0 Å². The van der Waals surface area contributed by atoms with E-state index in [-0.39, 0.29) is 0 Å². The van der Waals surface area contributed by atoms with Gasteiger partial charge in [-0.25, -0.2) is 9.59 Å². The number of nitrogens with one attached hydrogen (secondary N) is 2. The van der Waals surface area contributed by atoms with E-state index in [2.05, 4.69) is 20.9 Å². The number of nitrogens with zero attached hydrogens (tertiary/aromatic N) is 2. The van der Waals surface area contributed by atoms with Crippen molar-refractivity contribution in [2.45, 2.75) is 52.7 Å². The Labute approximate surface area is 140 Å². The maximum Gasteiger partial charge on any atom is 0.360 e. The van der Waals surface area contributed by atoms with Crippen LogP contribution in [-0.4, -0.2) is 48.3 Å². The van der Waals surface area contributed by atoms with E-state index in [0.717, 1.165) is 0 Å². The van der Waals surface area contributed by atoms with Crippen molar-refractivity contribution in [3.05, 3.63) is 0 Å². The summed E-state index contributed by atoms with van der Waals surface area (Å²) in [5.41, 5.74) is -1.35. The zero-order valence-electron chi connectivity index (χ0n) is 14.8. The molecule has 0 aliphatic heterocycles. The second-order valence-corrected chi connectivity index (χ2v) is 6.69. The van der Waals surface area contributed by atoms with Gasteiger partial charge in [-0.1, -0.05) is 10.2 Å². The van der Waals surface area contributed by atoms with E-state index < -0.39 is 48.3 Å². The molecule has 0 aromatic heterocycles. The molecule has 0 saturated heterocycles. The van der Waals surface area contributed by atoms with Crippen molar-refractivity contribution in [3.63, 3.8) is 0 Å². The number of azo groups is 1. The molecule has 0 rings (SSSR count). The molecule has 0 aromatic carbocycles. The lowest BCUT2D eigenvalue weighted by Crippen LogP contribution is -2.34. The zero-order chi connectivity index (χ0) is 19.0. The quantitative estimate of drug-likeness (QED) is 0.586. The Morgan fingerprint density at radius 2 is 1.00 bits per heavy atom. The molecule has 2 N–H and O–H groups in total. The van der Waals surface area contributed by atoms with Crippen LogP contribution in [0.2, 0.25) is 0 Å². The first-order valence-electron chi connectivity index (χ1n) is 7.19. The molecule has 0 saturated carbocycles. The summed E-state index contributed by atoms with van der Waals surface area (Å²) < 4.78 is 9.92. The van der Waals surface area contributed by atoms with Crippen molar-refractivity contribution in [2.24, 2.45) is 10.2 Å². The van der Waals surface area contributed by atoms with Crippen LogP contribution in [0.25, 0.3) is 0 Å². The second kappa shape index (κ2) is 8.94. The Morgan fingerprint density at radius 1 is 0.708 bits per heavy atom. The van der Waals surface area contributed by atoms with Crippen LogP contribution >= 0.6 is 0 Å². The van der Waals surface area contributed by atoms with Crippen LogP contribution in [0.15, 0.2) is 10.2 Å². The van der Waals surface area contributed by atoms with Gasteiger partial charge in [0, 0.05) is 0 Å². The van der Waals surface area contributed by atoms with Gasteiger partial charge in [0.2, 0.25) is 0 Å². The second-order valence-electron chi connectivity index (χ2n) is 6.69. The monoisotopic (exact) mass is 344 g/mol. The minimum absolute atomic E-state index is 0.408. The molecule has 4 amide bonds. The normalized spacial score (nSPS) is 11.8. The molecule has 0 bridgehead atoms. The summed E-state index contributed by atoms with van der Waals surface area (Å²) in [6.45, 7) is 9.28. The Bertz CT molecular complexity index is 470. The Balaban J connectivity index is 4.11. The van der Waals surface area contributed by atoms with Crippen LogP contribution in [0, 0.1) is 0 Å². The molecule has 24 heavy (non-hydrogen) atoms. The highest BCUT2D eigenvalue weighted by Gasteiger charge is 2.17. The number of hydrogen-bond donors (Lipinski definition) is 2. The molecule has 0 radical (unpaired) electrons. The Hall–Kier alpha value is -2.52. The fraction of sp³-hybridized carbons (Fsp3) is 0.714. The fourth-order valence-corrected chi connectivity index (χ4v) is 1.21. The first-order valence-corrected chi connectivity index (χ1v) is 7.19. The SMILES string of the molecule is CC(C)(C)OC(=O)CNC(=O)N=NC(=O)NCC(=O)OC(C)(C)C. The molecule has 0 atom stereocenters. The number of esters is 2. The van der Waals surface area contributed by atoms with Gasteiger partial charge in [0.05, 0.1) is 0 Å². The van der Waals surface area contributed by atoms with Crippen LogP contribution in [0.1, 0.15) is 41.5 Å². The van der Waals surface area contributed by atoms with Crippen molar-refractivity contribution < 1.29 is 28.7 Å². The molecule has 0 aliphatic rings. The molecule has 136 valence electrons. The minimum atomic E-state index is -0.992. The minimum Gasteiger partial charge on any atom is -0.459 e. The molecule has 0 fully saturated rings. The maximum atomic E-state index is 11.4. The molecule has 0 aliphatic carbocycles. The van der Waals surface area contributed by atoms with Gasteiger partial charge >= 0.3 is 24.0 Å². The van der Waals surface area contributed by atoms with Crippen LogP contribution in [0.3, 0.4) is 0 Å². The summed E-state index contributed by atoms with van der Waals surface area (Å²) >= 11 is 0. The first kappa shape index (κ1) is 21.5. The lowest BCUT2D eigenvalue weighted by atomic mass is 10.2. The maximum absolute atomic E-state index is 11.4. The van der Waals surface area contributed by atoms with Crippen LogP contribution in [0.5, 0.6) is 0 Å². The first-order chi connectivity index (χ1) is 10.8. The number of carbonyl (C=O) groups excluding carboxylic acids is 4. The van der Waals surface area contributed by atoms with Crippen molar-refractivity contribution in [3.8, 4) is 0 Å². The standard InChI is InChI=1S/C14H24N4O6/c1-13(2,3)23-9(19)7-15-11(21)17-18-12(22)16-8-10(20)24-14(4,5)6/h7-8H2,1-6H3,(H,15,21)(H,16,22). The molecule has 10 heteroatoms. The van der Waals surface area contributed by atoms with Gasteiger partial charge < -0.3 is 20.1 Å². The van der Waals surface area contributed by atoms with E-state index in [1.54, 1.807) is 41.5 Å². The summed E-state index contributed by atoms with van der Waals surface area (Å²) in [5.74, 6) is -1.30. The molecule has 0 unspecified atom stereocenters. The fourth-order valence-electron chi connectivity index (χ4n) is 1.21. The number of amides is 4. The van der Waals surface area contributed by atoms with Gasteiger partial charge in [0.15, 0.2) is 0 Å². The largest absolute Gasteiger partial charge is 0.459 e. The number of urea groups is 2. The highest BCUT2D eigenvalue weighted by molar-refractivity contribution is 5.84. The predicted molar refractivity (Wildman–Crippen MR) is 83.3 cm³/mol. The third kappa shape index (κ3) is 13.2. The summed E-state index contributed by atoms with van der Waals surface area (Å²) in [5, 5.41) is 10.3. The highest BCUT2D eigenvalue weighted by Crippen LogP contribution is 2.06. The van der Waals surface area contributed by atoms with Gasteiger partial charge in [0.25, 0.3) is 0 Å². The summed E-state index contributed by atoms with van der Waals surface area (Å²) in [6.07, 6.45) is 0. The van der Waals surface area contributed by atoms with Gasteiger partial charge in [-0.3, -0.25) is 9.59 Å². The zero-order valence-corrected chi connectivity index (χ0v) is 14.8. The summed E-state index contributed by atoms with van der Waals surface area (Å²) in [6, 6.07) is -1.98. The Morgan fingerprint density at radius 3 is 1.25 bits per heavy atom. The molecular weight excluding hydrogens is 320 g/mol. The summed E-state index contributed by atoms with van der Waals surface area (Å²) in [7, 11) is 0. The highest BCUT2D eigenvalue weighted by atomic mass is 16.6. The van der Waals surface area contributed by atoms with Crippen molar-refractivity contribution in [1.29, 1.82) is 0 Å². The van der Waals surface area contributed by atoms with Crippen LogP contribution in [-0.2, 0) is 19.1 Å². The number of rotatable bonds is 4. The van der Waals surface area contributed by atoms with E-state index in [0.29, 0.717) is 0 Å². The molecule has 0 aromatic rings. The van der Waals surface area contributed by atoms with Crippen molar-refractivity contribution >= 4 is 24.0 Å².